The lowest BCUT2D eigenvalue weighted by Gasteiger charge is -2.08. The van der Waals surface area contributed by atoms with Crippen LogP contribution in [0.5, 0.6) is 0 Å². The molecule has 0 unspecified atom stereocenters. The molecule has 0 aromatic heterocycles. The zero-order valence-electron chi connectivity index (χ0n) is 17.3. The van der Waals surface area contributed by atoms with Gasteiger partial charge in [0.2, 0.25) is 5.91 Å². The second-order valence-electron chi connectivity index (χ2n) is 6.54. The van der Waals surface area contributed by atoms with Crippen molar-refractivity contribution in [3.63, 3.8) is 0 Å². The summed E-state index contributed by atoms with van der Waals surface area (Å²) in [4.78, 5) is 47.2. The molecule has 2 rings (SSSR count). The highest BCUT2D eigenvalue weighted by Crippen LogP contribution is 2.24. The van der Waals surface area contributed by atoms with Crippen molar-refractivity contribution in [1.29, 1.82) is 0 Å². The average molecular weight is 481 g/mol. The molecule has 0 radical (unpaired) electrons. The van der Waals surface area contributed by atoms with Crippen molar-refractivity contribution >= 4 is 58.3 Å². The van der Waals surface area contributed by atoms with E-state index in [1.807, 2.05) is 0 Å². The first-order valence-electron chi connectivity index (χ1n) is 9.76. The SMILES string of the molecule is CCOC(=O)c1ccc(NC(=O)CCCC(=O)OCC(=O)Nc2ccc(Cl)c(Cl)c2)cc1. The van der Waals surface area contributed by atoms with Crippen LogP contribution in [0.25, 0.3) is 0 Å². The summed E-state index contributed by atoms with van der Waals surface area (Å²) < 4.78 is 9.79. The molecule has 0 atom stereocenters. The largest absolute Gasteiger partial charge is 0.462 e. The van der Waals surface area contributed by atoms with Gasteiger partial charge < -0.3 is 20.1 Å². The predicted molar refractivity (Wildman–Crippen MR) is 121 cm³/mol. The number of hydrogen-bond acceptors (Lipinski definition) is 6. The fourth-order valence-electron chi connectivity index (χ4n) is 2.51. The van der Waals surface area contributed by atoms with Crippen LogP contribution in [0.2, 0.25) is 10.0 Å². The molecule has 0 aliphatic heterocycles. The number of esters is 2. The van der Waals surface area contributed by atoms with Crippen LogP contribution in [0.3, 0.4) is 0 Å². The number of amides is 2. The molecule has 0 saturated carbocycles. The van der Waals surface area contributed by atoms with E-state index in [-0.39, 0.29) is 36.8 Å². The van der Waals surface area contributed by atoms with Gasteiger partial charge in [-0.1, -0.05) is 23.2 Å². The normalized spacial score (nSPS) is 10.2. The molecular formula is C22H22Cl2N2O6. The van der Waals surface area contributed by atoms with E-state index in [0.717, 1.165) is 0 Å². The summed E-state index contributed by atoms with van der Waals surface area (Å²) in [6, 6.07) is 10.9. The van der Waals surface area contributed by atoms with Gasteiger partial charge in [-0.15, -0.1) is 0 Å². The lowest BCUT2D eigenvalue weighted by molar-refractivity contribution is -0.147. The van der Waals surface area contributed by atoms with Crippen LogP contribution in [0.1, 0.15) is 36.5 Å². The zero-order valence-corrected chi connectivity index (χ0v) is 18.8. The molecule has 8 nitrogen and oxygen atoms in total. The topological polar surface area (TPSA) is 111 Å². The summed E-state index contributed by atoms with van der Waals surface area (Å²) in [5.41, 5.74) is 1.33. The lowest BCUT2D eigenvalue weighted by Crippen LogP contribution is -2.21. The van der Waals surface area contributed by atoms with E-state index < -0.39 is 24.5 Å². The Morgan fingerprint density at radius 3 is 2.12 bits per heavy atom. The van der Waals surface area contributed by atoms with Gasteiger partial charge >= 0.3 is 11.9 Å². The van der Waals surface area contributed by atoms with E-state index in [4.69, 9.17) is 32.7 Å². The molecule has 0 aliphatic rings. The van der Waals surface area contributed by atoms with E-state index in [9.17, 15) is 19.2 Å². The molecule has 0 heterocycles. The number of halogens is 2. The summed E-state index contributed by atoms with van der Waals surface area (Å²) in [6.45, 7) is 1.54. The van der Waals surface area contributed by atoms with Gasteiger partial charge in [-0.3, -0.25) is 14.4 Å². The minimum Gasteiger partial charge on any atom is -0.462 e. The van der Waals surface area contributed by atoms with Gasteiger partial charge in [0, 0.05) is 24.2 Å². The number of anilines is 2. The molecule has 0 spiro atoms. The van der Waals surface area contributed by atoms with Gasteiger partial charge in [-0.2, -0.15) is 0 Å². The minimum absolute atomic E-state index is 0.0186. The molecule has 170 valence electrons. The van der Waals surface area contributed by atoms with Crippen molar-refractivity contribution in [3.8, 4) is 0 Å². The maximum atomic E-state index is 12.0. The maximum absolute atomic E-state index is 12.0. The first kappa shape index (κ1) is 25.2. The predicted octanol–water partition coefficient (Wildman–Crippen LogP) is 4.46. The highest BCUT2D eigenvalue weighted by atomic mass is 35.5. The van der Waals surface area contributed by atoms with Gasteiger partial charge in [-0.05, 0) is 55.8 Å². The van der Waals surface area contributed by atoms with Crippen LogP contribution in [-0.2, 0) is 23.9 Å². The number of hydrogen-bond donors (Lipinski definition) is 2. The molecular weight excluding hydrogens is 459 g/mol. The Labute approximate surface area is 195 Å². The van der Waals surface area contributed by atoms with Gasteiger partial charge in [0.25, 0.3) is 5.91 Å². The Hall–Kier alpha value is -3.10. The van der Waals surface area contributed by atoms with Crippen LogP contribution in [0.15, 0.2) is 42.5 Å². The Kier molecular flexibility index (Phi) is 9.97. The Bertz CT molecular complexity index is 979. The lowest BCUT2D eigenvalue weighted by atomic mass is 10.2. The molecule has 2 aromatic rings. The van der Waals surface area contributed by atoms with Gasteiger partial charge in [-0.25, -0.2) is 4.79 Å². The molecule has 2 aromatic carbocycles. The molecule has 0 bridgehead atoms. The van der Waals surface area contributed by atoms with Crippen LogP contribution in [-0.4, -0.2) is 37.0 Å². The highest BCUT2D eigenvalue weighted by molar-refractivity contribution is 6.42. The molecule has 10 heteroatoms. The van der Waals surface area contributed by atoms with Crippen LogP contribution < -0.4 is 10.6 Å². The molecule has 32 heavy (non-hydrogen) atoms. The average Bonchev–Trinajstić information content (AvgIpc) is 2.75. The quantitative estimate of drug-likeness (QED) is 0.485. The number of ether oxygens (including phenoxy) is 2. The standard InChI is InChI=1S/C22H22Cl2N2O6/c1-2-31-22(30)14-6-8-15(9-7-14)25-19(27)4-3-5-21(29)32-13-20(28)26-16-10-11-17(23)18(24)12-16/h6-12H,2-5,13H2,1H3,(H,25,27)(H,26,28). The second kappa shape index (κ2) is 12.7. The number of nitrogens with one attached hydrogen (secondary N) is 2. The van der Waals surface area contributed by atoms with Gasteiger partial charge in [0.1, 0.15) is 0 Å². The van der Waals surface area contributed by atoms with Gasteiger partial charge in [0.05, 0.1) is 22.2 Å². The number of benzene rings is 2. The van der Waals surface area contributed by atoms with E-state index in [0.29, 0.717) is 22.0 Å². The fourth-order valence-corrected chi connectivity index (χ4v) is 2.81. The van der Waals surface area contributed by atoms with Crippen molar-refractivity contribution in [3.05, 3.63) is 58.1 Å². The van der Waals surface area contributed by atoms with Gasteiger partial charge in [0.15, 0.2) is 6.61 Å². The molecule has 0 aliphatic carbocycles. The van der Waals surface area contributed by atoms with E-state index >= 15 is 0 Å². The molecule has 2 N–H and O–H groups in total. The Morgan fingerprint density at radius 2 is 1.47 bits per heavy atom. The first-order chi connectivity index (χ1) is 15.3. The third-order valence-electron chi connectivity index (χ3n) is 4.03. The van der Waals surface area contributed by atoms with Crippen LogP contribution in [0, 0.1) is 0 Å². The minimum atomic E-state index is -0.596. The number of carbonyl (C=O) groups is 4. The van der Waals surface area contributed by atoms with Crippen molar-refractivity contribution < 1.29 is 28.7 Å². The van der Waals surface area contributed by atoms with Crippen LogP contribution in [0.4, 0.5) is 11.4 Å². The van der Waals surface area contributed by atoms with Crippen molar-refractivity contribution in [1.82, 2.24) is 0 Å². The van der Waals surface area contributed by atoms with Crippen LogP contribution >= 0.6 is 23.2 Å². The summed E-state index contributed by atoms with van der Waals surface area (Å²) in [5, 5.41) is 5.85. The smallest absolute Gasteiger partial charge is 0.338 e. The third-order valence-corrected chi connectivity index (χ3v) is 4.77. The van der Waals surface area contributed by atoms with Crippen molar-refractivity contribution in [2.75, 3.05) is 23.8 Å². The van der Waals surface area contributed by atoms with E-state index in [2.05, 4.69) is 10.6 Å². The second-order valence-corrected chi connectivity index (χ2v) is 7.35. The monoisotopic (exact) mass is 480 g/mol. The van der Waals surface area contributed by atoms with Crippen molar-refractivity contribution in [2.24, 2.45) is 0 Å². The number of carbonyl (C=O) groups excluding carboxylic acids is 4. The van der Waals surface area contributed by atoms with E-state index in [1.54, 1.807) is 37.3 Å². The highest BCUT2D eigenvalue weighted by Gasteiger charge is 2.11. The van der Waals surface area contributed by atoms with Crippen molar-refractivity contribution in [2.45, 2.75) is 26.2 Å². The summed E-state index contributed by atoms with van der Waals surface area (Å²) >= 11 is 11.7. The number of rotatable bonds is 10. The molecule has 0 fully saturated rings. The fraction of sp³-hybridized carbons (Fsp3) is 0.273. The Morgan fingerprint density at radius 1 is 0.812 bits per heavy atom. The zero-order chi connectivity index (χ0) is 23.5. The third kappa shape index (κ3) is 8.56. The summed E-state index contributed by atoms with van der Waals surface area (Å²) in [6.07, 6.45) is 0.319. The molecule has 2 amide bonds. The summed E-state index contributed by atoms with van der Waals surface area (Å²) in [5.74, 6) is -1.85. The summed E-state index contributed by atoms with van der Waals surface area (Å²) in [7, 11) is 0. The Balaban J connectivity index is 1.65. The maximum Gasteiger partial charge on any atom is 0.338 e. The van der Waals surface area contributed by atoms with E-state index in [1.165, 1.54) is 12.1 Å². The first-order valence-corrected chi connectivity index (χ1v) is 10.5. The molecule has 0 saturated heterocycles.